The summed E-state index contributed by atoms with van der Waals surface area (Å²) < 4.78 is 5.73. The average Bonchev–Trinajstić information content (AvgIpc) is 3.20. The fraction of sp³-hybridized carbons (Fsp3) is 0.192. The SMILES string of the molecule is O=C1c2ccccc2N2C(=O)CC[C@@]2(C(=O)OCc2ccccc2)N1Cc1ccccc1. The second-order valence-electron chi connectivity index (χ2n) is 8.00. The first-order valence-corrected chi connectivity index (χ1v) is 10.6. The van der Waals surface area contributed by atoms with E-state index >= 15 is 0 Å². The lowest BCUT2D eigenvalue weighted by molar-refractivity contribution is -0.159. The van der Waals surface area contributed by atoms with E-state index in [2.05, 4.69) is 0 Å². The van der Waals surface area contributed by atoms with E-state index in [1.807, 2.05) is 60.7 Å². The number of nitrogens with zero attached hydrogens (tertiary/aromatic N) is 2. The number of anilines is 1. The van der Waals surface area contributed by atoms with Crippen molar-refractivity contribution in [1.29, 1.82) is 0 Å². The van der Waals surface area contributed by atoms with Crippen molar-refractivity contribution in [2.75, 3.05) is 4.90 Å². The molecule has 1 atom stereocenters. The van der Waals surface area contributed by atoms with E-state index in [9.17, 15) is 14.4 Å². The van der Waals surface area contributed by atoms with Gasteiger partial charge >= 0.3 is 5.97 Å². The lowest BCUT2D eigenvalue weighted by Crippen LogP contribution is -2.68. The normalized spacial score (nSPS) is 19.5. The number of benzene rings is 3. The van der Waals surface area contributed by atoms with Crippen LogP contribution in [-0.2, 0) is 27.5 Å². The third kappa shape index (κ3) is 3.15. The van der Waals surface area contributed by atoms with Gasteiger partial charge in [-0.3, -0.25) is 14.5 Å². The molecule has 1 fully saturated rings. The number of amides is 2. The molecule has 0 radical (unpaired) electrons. The zero-order chi connectivity index (χ0) is 22.1. The average molecular weight is 426 g/mol. The van der Waals surface area contributed by atoms with Crippen molar-refractivity contribution in [2.24, 2.45) is 0 Å². The van der Waals surface area contributed by atoms with Crippen LogP contribution < -0.4 is 4.90 Å². The van der Waals surface area contributed by atoms with Crippen LogP contribution in [0.1, 0.15) is 34.3 Å². The van der Waals surface area contributed by atoms with Crippen LogP contribution in [0.3, 0.4) is 0 Å². The predicted octanol–water partition coefficient (Wildman–Crippen LogP) is 3.91. The molecule has 6 nitrogen and oxygen atoms in total. The lowest BCUT2D eigenvalue weighted by atomic mass is 9.95. The van der Waals surface area contributed by atoms with Gasteiger partial charge in [-0.1, -0.05) is 72.8 Å². The number of rotatable bonds is 5. The third-order valence-electron chi connectivity index (χ3n) is 6.10. The number of para-hydroxylation sites is 1. The molecule has 0 bridgehead atoms. The van der Waals surface area contributed by atoms with Gasteiger partial charge in [-0.15, -0.1) is 0 Å². The smallest absolute Gasteiger partial charge is 0.354 e. The Morgan fingerprint density at radius 1 is 0.844 bits per heavy atom. The Labute approximate surface area is 186 Å². The number of carbonyl (C=O) groups is 3. The monoisotopic (exact) mass is 426 g/mol. The van der Waals surface area contributed by atoms with Gasteiger partial charge in [-0.25, -0.2) is 4.79 Å². The summed E-state index contributed by atoms with van der Waals surface area (Å²) in [6.07, 6.45) is 0.347. The van der Waals surface area contributed by atoms with Crippen LogP contribution in [0.5, 0.6) is 0 Å². The number of ether oxygens (including phenoxy) is 1. The Morgan fingerprint density at radius 3 is 2.19 bits per heavy atom. The van der Waals surface area contributed by atoms with Crippen LogP contribution in [0.25, 0.3) is 0 Å². The summed E-state index contributed by atoms with van der Waals surface area (Å²) in [6.45, 7) is 0.261. The lowest BCUT2D eigenvalue weighted by Gasteiger charge is -2.48. The van der Waals surface area contributed by atoms with E-state index in [0.717, 1.165) is 11.1 Å². The van der Waals surface area contributed by atoms with Gasteiger partial charge in [0.25, 0.3) is 5.91 Å². The molecule has 6 heteroatoms. The molecule has 0 aromatic heterocycles. The molecule has 2 heterocycles. The molecular weight excluding hydrogens is 404 g/mol. The maximum atomic E-state index is 13.7. The summed E-state index contributed by atoms with van der Waals surface area (Å²) in [6, 6.07) is 25.8. The quantitative estimate of drug-likeness (QED) is 0.580. The molecule has 32 heavy (non-hydrogen) atoms. The Balaban J connectivity index is 1.59. The standard InChI is InChI=1S/C26H22N2O4/c29-23-15-16-26(25(31)32-18-20-11-5-2-6-12-20)27(17-19-9-3-1-4-10-19)24(30)21-13-7-8-14-22(21)28(23)26/h1-14H,15-18H2/t26-/m1/s1. The summed E-state index contributed by atoms with van der Waals surface area (Å²) in [5, 5.41) is 0. The van der Waals surface area contributed by atoms with Gasteiger partial charge in [0, 0.05) is 19.4 Å². The molecule has 5 rings (SSSR count). The van der Waals surface area contributed by atoms with Crippen LogP contribution in [-0.4, -0.2) is 28.3 Å². The highest BCUT2D eigenvalue weighted by Crippen LogP contribution is 2.45. The molecule has 3 aromatic rings. The van der Waals surface area contributed by atoms with Crippen molar-refractivity contribution in [3.05, 3.63) is 102 Å². The van der Waals surface area contributed by atoms with Crippen LogP contribution in [0.15, 0.2) is 84.9 Å². The van der Waals surface area contributed by atoms with E-state index in [4.69, 9.17) is 4.74 Å². The molecule has 0 aliphatic carbocycles. The minimum atomic E-state index is -1.51. The fourth-order valence-electron chi connectivity index (χ4n) is 4.57. The number of hydrogen-bond donors (Lipinski definition) is 0. The molecule has 2 aliphatic heterocycles. The van der Waals surface area contributed by atoms with Crippen molar-refractivity contribution >= 4 is 23.5 Å². The minimum Gasteiger partial charge on any atom is -0.458 e. The number of hydrogen-bond acceptors (Lipinski definition) is 4. The van der Waals surface area contributed by atoms with Gasteiger partial charge in [0.2, 0.25) is 11.6 Å². The molecule has 0 saturated carbocycles. The van der Waals surface area contributed by atoms with Gasteiger partial charge in [0.1, 0.15) is 6.61 Å². The molecule has 2 amide bonds. The minimum absolute atomic E-state index is 0.0679. The number of esters is 1. The van der Waals surface area contributed by atoms with E-state index in [-0.39, 0.29) is 37.8 Å². The highest BCUT2D eigenvalue weighted by atomic mass is 16.5. The largest absolute Gasteiger partial charge is 0.458 e. The summed E-state index contributed by atoms with van der Waals surface area (Å²) in [7, 11) is 0. The van der Waals surface area contributed by atoms with Gasteiger partial charge in [-0.2, -0.15) is 0 Å². The highest BCUT2D eigenvalue weighted by molar-refractivity contribution is 6.15. The van der Waals surface area contributed by atoms with Crippen LogP contribution in [0.2, 0.25) is 0 Å². The molecule has 2 aliphatic rings. The number of fused-ring (bicyclic) bond motifs is 3. The molecule has 0 unspecified atom stereocenters. The van der Waals surface area contributed by atoms with Crippen LogP contribution >= 0.6 is 0 Å². The van der Waals surface area contributed by atoms with E-state index < -0.39 is 11.6 Å². The summed E-state index contributed by atoms with van der Waals surface area (Å²) >= 11 is 0. The van der Waals surface area contributed by atoms with Gasteiger partial charge in [-0.05, 0) is 23.3 Å². The van der Waals surface area contributed by atoms with Crippen molar-refractivity contribution in [3.8, 4) is 0 Å². The zero-order valence-electron chi connectivity index (χ0n) is 17.4. The molecule has 160 valence electrons. The summed E-state index contributed by atoms with van der Waals surface area (Å²) in [5.74, 6) is -1.07. The van der Waals surface area contributed by atoms with E-state index in [1.165, 1.54) is 9.80 Å². The first-order chi connectivity index (χ1) is 15.6. The first-order valence-electron chi connectivity index (χ1n) is 10.6. The summed E-state index contributed by atoms with van der Waals surface area (Å²) in [4.78, 5) is 43.3. The fourth-order valence-corrected chi connectivity index (χ4v) is 4.57. The molecule has 3 aromatic carbocycles. The van der Waals surface area contributed by atoms with Crippen LogP contribution in [0.4, 0.5) is 5.69 Å². The zero-order valence-corrected chi connectivity index (χ0v) is 17.4. The van der Waals surface area contributed by atoms with Crippen LogP contribution in [0, 0.1) is 0 Å². The third-order valence-corrected chi connectivity index (χ3v) is 6.10. The maximum Gasteiger partial charge on any atom is 0.354 e. The van der Waals surface area contributed by atoms with Crippen molar-refractivity contribution in [2.45, 2.75) is 31.7 Å². The Hall–Kier alpha value is -3.93. The topological polar surface area (TPSA) is 66.9 Å². The van der Waals surface area contributed by atoms with E-state index in [0.29, 0.717) is 11.3 Å². The second kappa shape index (κ2) is 7.96. The second-order valence-corrected chi connectivity index (χ2v) is 8.00. The maximum absolute atomic E-state index is 13.7. The van der Waals surface area contributed by atoms with Gasteiger partial charge in [0.15, 0.2) is 0 Å². The van der Waals surface area contributed by atoms with Crippen molar-refractivity contribution in [3.63, 3.8) is 0 Å². The Kier molecular flexibility index (Phi) is 4.98. The van der Waals surface area contributed by atoms with E-state index in [1.54, 1.807) is 24.3 Å². The van der Waals surface area contributed by atoms with Gasteiger partial charge < -0.3 is 9.64 Å². The first kappa shape index (κ1) is 20.0. The Bertz CT molecular complexity index is 1180. The molecule has 0 N–H and O–H groups in total. The Morgan fingerprint density at radius 2 is 1.47 bits per heavy atom. The van der Waals surface area contributed by atoms with Gasteiger partial charge in [0.05, 0.1) is 11.3 Å². The van der Waals surface area contributed by atoms with Crippen molar-refractivity contribution in [1.82, 2.24) is 4.90 Å². The molecular formula is C26H22N2O4. The summed E-state index contributed by atoms with van der Waals surface area (Å²) in [5.41, 5.74) is 1.07. The predicted molar refractivity (Wildman–Crippen MR) is 118 cm³/mol. The number of carbonyl (C=O) groups excluding carboxylic acids is 3. The highest BCUT2D eigenvalue weighted by Gasteiger charge is 2.61. The molecule has 1 saturated heterocycles. The molecule has 0 spiro atoms. The van der Waals surface area contributed by atoms with Crippen molar-refractivity contribution < 1.29 is 19.1 Å².